The number of hydrogen-bond acceptors (Lipinski definition) is 4. The van der Waals surface area contributed by atoms with Gasteiger partial charge in [0.05, 0.1) is 0 Å². The normalized spacial score (nSPS) is 22.8. The van der Waals surface area contributed by atoms with Gasteiger partial charge in [-0.25, -0.2) is 10.8 Å². The minimum absolute atomic E-state index is 0.133. The van der Waals surface area contributed by atoms with Crippen LogP contribution in [0.15, 0.2) is 18.2 Å². The molecule has 1 heterocycles. The monoisotopic (exact) mass is 248 g/mol. The van der Waals surface area contributed by atoms with Gasteiger partial charge in [0.15, 0.2) is 0 Å². The zero-order chi connectivity index (χ0) is 13.0. The second kappa shape index (κ2) is 5.82. The first kappa shape index (κ1) is 12.8. The number of pyridine rings is 1. The van der Waals surface area contributed by atoms with Crippen molar-refractivity contribution < 1.29 is 4.79 Å². The van der Waals surface area contributed by atoms with Crippen molar-refractivity contribution in [1.29, 1.82) is 0 Å². The molecule has 4 N–H and O–H groups in total. The Hall–Kier alpha value is -1.62. The fraction of sp³-hybridized carbons (Fsp3) is 0.538. The molecule has 2 atom stereocenters. The fourth-order valence-corrected chi connectivity index (χ4v) is 2.48. The number of nitrogens with one attached hydrogen (secondary N) is 2. The van der Waals surface area contributed by atoms with Crippen LogP contribution in [0.2, 0.25) is 0 Å². The molecule has 5 heteroatoms. The number of nitrogens with zero attached hydrogens (tertiary/aromatic N) is 1. The van der Waals surface area contributed by atoms with Gasteiger partial charge >= 0.3 is 0 Å². The Kier molecular flexibility index (Phi) is 4.15. The van der Waals surface area contributed by atoms with Gasteiger partial charge in [-0.15, -0.1) is 0 Å². The maximum Gasteiger partial charge on any atom is 0.269 e. The van der Waals surface area contributed by atoms with Crippen molar-refractivity contribution in [1.82, 2.24) is 10.3 Å². The molecular formula is C13H20N4O. The molecule has 2 rings (SSSR count). The highest BCUT2D eigenvalue weighted by Gasteiger charge is 2.23. The van der Waals surface area contributed by atoms with Crippen LogP contribution in [0.25, 0.3) is 0 Å². The van der Waals surface area contributed by atoms with Crippen LogP contribution in [-0.2, 0) is 0 Å². The summed E-state index contributed by atoms with van der Waals surface area (Å²) in [6.07, 6.45) is 3.75. The Morgan fingerprint density at radius 3 is 3.00 bits per heavy atom. The van der Waals surface area contributed by atoms with Crippen LogP contribution in [0, 0.1) is 11.8 Å². The molecule has 2 unspecified atom stereocenters. The Bertz CT molecular complexity index is 421. The van der Waals surface area contributed by atoms with E-state index in [1.165, 1.54) is 19.3 Å². The zero-order valence-corrected chi connectivity index (χ0v) is 10.6. The van der Waals surface area contributed by atoms with Crippen molar-refractivity contribution in [2.45, 2.75) is 26.2 Å². The highest BCUT2D eigenvalue weighted by atomic mass is 16.1. The third-order valence-electron chi connectivity index (χ3n) is 3.69. The van der Waals surface area contributed by atoms with Crippen molar-refractivity contribution in [2.24, 2.45) is 17.7 Å². The number of carbonyl (C=O) groups excluding carboxylic acids is 1. The largest absolute Gasteiger partial charge is 0.350 e. The molecule has 0 bridgehead atoms. The number of amides is 1. The lowest BCUT2D eigenvalue weighted by Crippen LogP contribution is -2.31. The molecule has 18 heavy (non-hydrogen) atoms. The lowest BCUT2D eigenvalue weighted by Gasteiger charge is -2.15. The minimum atomic E-state index is -0.133. The summed E-state index contributed by atoms with van der Waals surface area (Å²) in [4.78, 5) is 16.0. The summed E-state index contributed by atoms with van der Waals surface area (Å²) in [5, 5.41) is 2.95. The molecule has 1 saturated carbocycles. The Balaban J connectivity index is 1.90. The smallest absolute Gasteiger partial charge is 0.269 e. The lowest BCUT2D eigenvalue weighted by atomic mass is 9.98. The van der Waals surface area contributed by atoms with Gasteiger partial charge in [-0.2, -0.15) is 0 Å². The van der Waals surface area contributed by atoms with Crippen molar-refractivity contribution in [3.63, 3.8) is 0 Å². The number of hydrazine groups is 1. The van der Waals surface area contributed by atoms with E-state index in [9.17, 15) is 4.79 Å². The van der Waals surface area contributed by atoms with Crippen molar-refractivity contribution in [3.05, 3.63) is 23.9 Å². The summed E-state index contributed by atoms with van der Waals surface area (Å²) in [6.45, 7) is 2.99. The first-order valence-corrected chi connectivity index (χ1v) is 6.42. The van der Waals surface area contributed by atoms with E-state index in [1.54, 1.807) is 18.2 Å². The van der Waals surface area contributed by atoms with Crippen LogP contribution in [0.5, 0.6) is 0 Å². The second-order valence-electron chi connectivity index (χ2n) is 4.93. The molecule has 5 nitrogen and oxygen atoms in total. The highest BCUT2D eigenvalue weighted by Crippen LogP contribution is 2.30. The van der Waals surface area contributed by atoms with Crippen LogP contribution in [0.1, 0.15) is 36.7 Å². The molecule has 1 aromatic rings. The molecule has 0 saturated heterocycles. The zero-order valence-electron chi connectivity index (χ0n) is 10.6. The van der Waals surface area contributed by atoms with Crippen LogP contribution >= 0.6 is 0 Å². The van der Waals surface area contributed by atoms with Crippen LogP contribution in [0.3, 0.4) is 0 Å². The van der Waals surface area contributed by atoms with Gasteiger partial charge in [0, 0.05) is 6.54 Å². The van der Waals surface area contributed by atoms with Crippen LogP contribution < -0.4 is 16.6 Å². The number of nitrogens with two attached hydrogens (primary N) is 1. The number of rotatable bonds is 4. The molecule has 0 aromatic carbocycles. The minimum Gasteiger partial charge on any atom is -0.350 e. The number of anilines is 1. The summed E-state index contributed by atoms with van der Waals surface area (Å²) in [5.41, 5.74) is 2.83. The predicted octanol–water partition coefficient (Wildman–Crippen LogP) is 1.53. The molecule has 0 radical (unpaired) electrons. The van der Waals surface area contributed by atoms with Crippen LogP contribution in [0.4, 0.5) is 5.82 Å². The first-order chi connectivity index (χ1) is 8.70. The summed E-state index contributed by atoms with van der Waals surface area (Å²) in [5.74, 6) is 6.94. The van der Waals surface area contributed by atoms with Gasteiger partial charge in [-0.05, 0) is 30.4 Å². The third kappa shape index (κ3) is 2.98. The Morgan fingerprint density at radius 1 is 1.50 bits per heavy atom. The summed E-state index contributed by atoms with van der Waals surface area (Å²) < 4.78 is 0. The number of carbonyl (C=O) groups is 1. The van der Waals surface area contributed by atoms with Gasteiger partial charge in [0.25, 0.3) is 5.91 Å². The number of aromatic nitrogens is 1. The predicted molar refractivity (Wildman–Crippen MR) is 70.9 cm³/mol. The van der Waals surface area contributed by atoms with Gasteiger partial charge in [0.1, 0.15) is 11.5 Å². The lowest BCUT2D eigenvalue weighted by molar-refractivity contribution is 0.0940. The van der Waals surface area contributed by atoms with Gasteiger partial charge in [0.2, 0.25) is 0 Å². The topological polar surface area (TPSA) is 80.0 Å². The van der Waals surface area contributed by atoms with E-state index in [1.807, 2.05) is 0 Å². The van der Waals surface area contributed by atoms with Crippen LogP contribution in [-0.4, -0.2) is 17.4 Å². The molecule has 1 aromatic heterocycles. The molecule has 1 aliphatic carbocycles. The number of hydrogen-bond donors (Lipinski definition) is 3. The molecule has 1 aliphatic rings. The maximum absolute atomic E-state index is 11.9. The molecule has 1 amide bonds. The third-order valence-corrected chi connectivity index (χ3v) is 3.69. The fourth-order valence-electron chi connectivity index (χ4n) is 2.48. The Labute approximate surface area is 107 Å². The molecule has 98 valence electrons. The molecule has 1 fully saturated rings. The first-order valence-electron chi connectivity index (χ1n) is 6.42. The summed E-state index contributed by atoms with van der Waals surface area (Å²) >= 11 is 0. The van der Waals surface area contributed by atoms with E-state index in [0.717, 1.165) is 6.54 Å². The van der Waals surface area contributed by atoms with Gasteiger partial charge < -0.3 is 10.7 Å². The van der Waals surface area contributed by atoms with E-state index in [2.05, 4.69) is 22.7 Å². The van der Waals surface area contributed by atoms with E-state index >= 15 is 0 Å². The average molecular weight is 248 g/mol. The second-order valence-corrected chi connectivity index (χ2v) is 4.93. The summed E-state index contributed by atoms with van der Waals surface area (Å²) in [6, 6.07) is 5.17. The van der Waals surface area contributed by atoms with E-state index < -0.39 is 0 Å². The SMILES string of the molecule is CC1CCCC1CNC(=O)c1cccc(NN)n1. The standard InChI is InChI=1S/C13H20N4O/c1-9-4-2-5-10(9)8-15-13(18)11-6-3-7-12(16-11)17-14/h3,6-7,9-10H,2,4-5,8,14H2,1H3,(H,15,18)(H,16,17). The molecule has 0 spiro atoms. The summed E-state index contributed by atoms with van der Waals surface area (Å²) in [7, 11) is 0. The van der Waals surface area contributed by atoms with E-state index in [0.29, 0.717) is 23.3 Å². The molecule has 0 aliphatic heterocycles. The highest BCUT2D eigenvalue weighted by molar-refractivity contribution is 5.92. The maximum atomic E-state index is 11.9. The van der Waals surface area contributed by atoms with Crippen molar-refractivity contribution in [3.8, 4) is 0 Å². The van der Waals surface area contributed by atoms with Gasteiger partial charge in [-0.1, -0.05) is 25.8 Å². The quantitative estimate of drug-likeness (QED) is 0.557. The average Bonchev–Trinajstić information content (AvgIpc) is 2.81. The molecular weight excluding hydrogens is 228 g/mol. The van der Waals surface area contributed by atoms with Crippen molar-refractivity contribution >= 4 is 11.7 Å². The Morgan fingerprint density at radius 2 is 2.33 bits per heavy atom. The van der Waals surface area contributed by atoms with Gasteiger partial charge in [-0.3, -0.25) is 4.79 Å². The van der Waals surface area contributed by atoms with E-state index in [4.69, 9.17) is 5.84 Å². The number of nitrogen functional groups attached to an aromatic ring is 1. The van der Waals surface area contributed by atoms with E-state index in [-0.39, 0.29) is 5.91 Å². The van der Waals surface area contributed by atoms with Crippen molar-refractivity contribution in [2.75, 3.05) is 12.0 Å².